The number of esters is 2. The first-order chi connectivity index (χ1) is 14.0. The fraction of sp³-hybridized carbons (Fsp3) is 0.300. The van der Waals surface area contributed by atoms with Gasteiger partial charge in [-0.15, -0.1) is 11.3 Å². The number of aromatic nitrogens is 1. The Labute approximate surface area is 181 Å². The van der Waals surface area contributed by atoms with Gasteiger partial charge in [0.1, 0.15) is 11.8 Å². The molecule has 9 heteroatoms. The maximum absolute atomic E-state index is 12.8. The van der Waals surface area contributed by atoms with Gasteiger partial charge in [-0.05, 0) is 31.0 Å². The van der Waals surface area contributed by atoms with Crippen molar-refractivity contribution in [2.45, 2.75) is 26.8 Å². The van der Waals surface area contributed by atoms with Crippen LogP contribution in [0.3, 0.4) is 0 Å². The van der Waals surface area contributed by atoms with E-state index in [4.69, 9.17) is 14.5 Å². The molecule has 0 radical (unpaired) electrons. The highest BCUT2D eigenvalue weighted by molar-refractivity contribution is 9.09. The van der Waals surface area contributed by atoms with Gasteiger partial charge < -0.3 is 14.8 Å². The standard InChI is InChI=1S/C20H20BrN3O4S/c1-4-27-20(26)16-14(10-21)23-18(19-22-8-9-29-19)24-17(16)13-6-5-7-15(11(13)2)28-12(3)25/h5-9,17H,4,10H2,1-3H3,(H,23,24). The Balaban J connectivity index is 2.16. The highest BCUT2D eigenvalue weighted by atomic mass is 79.9. The minimum Gasteiger partial charge on any atom is -0.463 e. The fourth-order valence-corrected chi connectivity index (χ4v) is 4.05. The monoisotopic (exact) mass is 477 g/mol. The van der Waals surface area contributed by atoms with Crippen LogP contribution in [0.1, 0.15) is 36.0 Å². The van der Waals surface area contributed by atoms with Crippen LogP contribution >= 0.6 is 27.3 Å². The molecule has 1 aromatic heterocycles. The van der Waals surface area contributed by atoms with Crippen molar-refractivity contribution >= 4 is 45.0 Å². The van der Waals surface area contributed by atoms with Gasteiger partial charge in [0.25, 0.3) is 0 Å². The largest absolute Gasteiger partial charge is 0.463 e. The maximum Gasteiger partial charge on any atom is 0.338 e. The van der Waals surface area contributed by atoms with Crippen LogP contribution in [0.2, 0.25) is 0 Å². The second-order valence-corrected chi connectivity index (χ2v) is 7.61. The molecule has 0 fully saturated rings. The van der Waals surface area contributed by atoms with Crippen LogP contribution in [-0.4, -0.2) is 34.7 Å². The number of ether oxygens (including phenoxy) is 2. The summed E-state index contributed by atoms with van der Waals surface area (Å²) in [6.45, 7) is 5.20. The average Bonchev–Trinajstić information content (AvgIpc) is 3.23. The third-order valence-corrected chi connectivity index (χ3v) is 5.60. The lowest BCUT2D eigenvalue weighted by Gasteiger charge is -2.27. The topological polar surface area (TPSA) is 89.9 Å². The van der Waals surface area contributed by atoms with E-state index in [2.05, 4.69) is 26.2 Å². The van der Waals surface area contributed by atoms with E-state index >= 15 is 0 Å². The third-order valence-electron chi connectivity index (χ3n) is 4.26. The number of halogens is 1. The summed E-state index contributed by atoms with van der Waals surface area (Å²) in [4.78, 5) is 33.4. The van der Waals surface area contributed by atoms with Gasteiger partial charge >= 0.3 is 11.9 Å². The molecule has 0 spiro atoms. The highest BCUT2D eigenvalue weighted by Crippen LogP contribution is 2.37. The molecule has 1 atom stereocenters. The number of rotatable bonds is 6. The summed E-state index contributed by atoms with van der Waals surface area (Å²) < 4.78 is 10.6. The van der Waals surface area contributed by atoms with E-state index in [1.807, 2.05) is 18.4 Å². The summed E-state index contributed by atoms with van der Waals surface area (Å²) in [6, 6.07) is 4.73. The minimum absolute atomic E-state index is 0.250. The number of hydrogen-bond donors (Lipinski definition) is 1. The molecule has 29 heavy (non-hydrogen) atoms. The van der Waals surface area contributed by atoms with Gasteiger partial charge in [0.05, 0.1) is 12.2 Å². The molecule has 0 saturated carbocycles. The number of carbonyl (C=O) groups excluding carboxylic acids is 2. The van der Waals surface area contributed by atoms with Crippen molar-refractivity contribution in [1.29, 1.82) is 0 Å². The minimum atomic E-state index is -0.628. The number of benzene rings is 1. The Bertz CT molecular complexity index is 986. The van der Waals surface area contributed by atoms with Gasteiger partial charge in [-0.3, -0.25) is 9.79 Å². The van der Waals surface area contributed by atoms with Crippen molar-refractivity contribution in [1.82, 2.24) is 10.3 Å². The lowest BCUT2D eigenvalue weighted by atomic mass is 9.92. The zero-order valence-corrected chi connectivity index (χ0v) is 18.6. The third kappa shape index (κ3) is 4.56. The van der Waals surface area contributed by atoms with E-state index in [1.165, 1.54) is 18.3 Å². The normalized spacial score (nSPS) is 16.1. The second kappa shape index (κ2) is 9.32. The van der Waals surface area contributed by atoms with Crippen LogP contribution in [-0.2, 0) is 14.3 Å². The molecule has 152 valence electrons. The number of aliphatic imine (C=N–C) groups is 1. The van der Waals surface area contributed by atoms with E-state index in [1.54, 1.807) is 25.3 Å². The van der Waals surface area contributed by atoms with E-state index in [0.717, 1.165) is 11.1 Å². The van der Waals surface area contributed by atoms with E-state index < -0.39 is 18.0 Å². The molecule has 0 amide bonds. The van der Waals surface area contributed by atoms with Crippen molar-refractivity contribution in [3.8, 4) is 5.75 Å². The first-order valence-electron chi connectivity index (χ1n) is 8.95. The van der Waals surface area contributed by atoms with Crippen LogP contribution in [0.5, 0.6) is 5.75 Å². The molecule has 7 nitrogen and oxygen atoms in total. The lowest BCUT2D eigenvalue weighted by molar-refractivity contribution is -0.139. The molecule has 3 rings (SSSR count). The van der Waals surface area contributed by atoms with Crippen molar-refractivity contribution in [3.63, 3.8) is 0 Å². The Morgan fingerprint density at radius 2 is 2.14 bits per heavy atom. The first-order valence-corrected chi connectivity index (χ1v) is 10.9. The zero-order valence-electron chi connectivity index (χ0n) is 16.2. The summed E-state index contributed by atoms with van der Waals surface area (Å²) in [5, 5.41) is 6.19. The number of thiazole rings is 1. The Hall–Kier alpha value is -2.52. The summed E-state index contributed by atoms with van der Waals surface area (Å²) in [5.74, 6) is 0.149. The van der Waals surface area contributed by atoms with Crippen LogP contribution in [0.15, 0.2) is 46.0 Å². The van der Waals surface area contributed by atoms with Gasteiger partial charge in [-0.2, -0.15) is 0 Å². The molecule has 1 N–H and O–H groups in total. The highest BCUT2D eigenvalue weighted by Gasteiger charge is 2.33. The summed E-state index contributed by atoms with van der Waals surface area (Å²) in [7, 11) is 0. The van der Waals surface area contributed by atoms with E-state index in [9.17, 15) is 9.59 Å². The summed E-state index contributed by atoms with van der Waals surface area (Å²) >= 11 is 4.90. The van der Waals surface area contributed by atoms with Gasteiger partial charge in [-0.1, -0.05) is 28.1 Å². The smallest absolute Gasteiger partial charge is 0.338 e. The fourth-order valence-electron chi connectivity index (χ4n) is 3.02. The molecule has 1 aliphatic heterocycles. The average molecular weight is 478 g/mol. The predicted molar refractivity (Wildman–Crippen MR) is 114 cm³/mol. The molecule has 2 aromatic rings. The second-order valence-electron chi connectivity index (χ2n) is 6.15. The van der Waals surface area contributed by atoms with Gasteiger partial charge in [0.2, 0.25) is 0 Å². The van der Waals surface area contributed by atoms with Gasteiger partial charge in [0.15, 0.2) is 10.8 Å². The number of hydrogen-bond acceptors (Lipinski definition) is 8. The van der Waals surface area contributed by atoms with Crippen molar-refractivity contribution in [2.75, 3.05) is 11.9 Å². The van der Waals surface area contributed by atoms with E-state index in [0.29, 0.717) is 33.2 Å². The Morgan fingerprint density at radius 1 is 1.34 bits per heavy atom. The lowest BCUT2D eigenvalue weighted by Crippen LogP contribution is -2.34. The Kier molecular flexibility index (Phi) is 6.81. The number of nitrogens with one attached hydrogen (secondary N) is 1. The summed E-state index contributed by atoms with van der Waals surface area (Å²) in [6.07, 6.45) is 1.70. The molecular formula is C20H20BrN3O4S. The molecule has 0 bridgehead atoms. The van der Waals surface area contributed by atoms with Crippen LogP contribution in [0, 0.1) is 6.92 Å². The maximum atomic E-state index is 12.8. The predicted octanol–water partition coefficient (Wildman–Crippen LogP) is 3.68. The van der Waals surface area contributed by atoms with E-state index in [-0.39, 0.29) is 6.61 Å². The molecule has 0 aliphatic carbocycles. The molecule has 0 saturated heterocycles. The van der Waals surface area contributed by atoms with Crippen LogP contribution in [0.25, 0.3) is 0 Å². The summed E-state index contributed by atoms with van der Waals surface area (Å²) in [5.41, 5.74) is 2.55. The van der Waals surface area contributed by atoms with Crippen molar-refractivity contribution < 1.29 is 19.1 Å². The Morgan fingerprint density at radius 3 is 2.76 bits per heavy atom. The molecule has 1 aromatic carbocycles. The quantitative estimate of drug-likeness (QED) is 0.387. The van der Waals surface area contributed by atoms with Crippen LogP contribution < -0.4 is 10.1 Å². The van der Waals surface area contributed by atoms with Crippen molar-refractivity contribution in [2.24, 2.45) is 4.99 Å². The van der Waals surface area contributed by atoms with Crippen molar-refractivity contribution in [3.05, 3.63) is 57.2 Å². The molecule has 2 heterocycles. The molecule has 1 aliphatic rings. The number of allylic oxidation sites excluding steroid dienone is 1. The number of carbonyl (C=O) groups is 2. The van der Waals surface area contributed by atoms with Crippen LogP contribution in [0.4, 0.5) is 0 Å². The van der Waals surface area contributed by atoms with Gasteiger partial charge in [0, 0.05) is 29.5 Å². The number of nitrogens with zero attached hydrogens (tertiary/aromatic N) is 2. The van der Waals surface area contributed by atoms with Gasteiger partial charge in [-0.25, -0.2) is 9.78 Å². The SMILES string of the molecule is CCOC(=O)C1=C(CBr)NC(c2nccs2)=NC1c1cccc(OC(C)=O)c1C. The molecule has 1 unspecified atom stereocenters. The first kappa shape index (κ1) is 21.2. The zero-order chi connectivity index (χ0) is 21.0. The molecular weight excluding hydrogens is 458 g/mol. The number of amidine groups is 1. The number of alkyl halides is 1.